The highest BCUT2D eigenvalue weighted by molar-refractivity contribution is 14.1. The number of nitrogens with zero attached hydrogens (tertiary/aromatic N) is 3. The zero-order valence-electron chi connectivity index (χ0n) is 23.2. The lowest BCUT2D eigenvalue weighted by molar-refractivity contribution is -0.131. The van der Waals surface area contributed by atoms with Crippen molar-refractivity contribution in [3.05, 3.63) is 105 Å². The van der Waals surface area contributed by atoms with E-state index < -0.39 is 24.0 Å². The number of ether oxygens (including phenoxy) is 1. The molecule has 3 atom stereocenters. The Balaban J connectivity index is 1.45. The third-order valence-electron chi connectivity index (χ3n) is 7.22. The Morgan fingerprint density at radius 1 is 1.10 bits per heavy atom. The highest BCUT2D eigenvalue weighted by Gasteiger charge is 2.46. The largest absolute Gasteiger partial charge is 0.484 e. The van der Waals surface area contributed by atoms with Gasteiger partial charge in [-0.3, -0.25) is 14.5 Å². The van der Waals surface area contributed by atoms with Crippen molar-refractivity contribution in [2.75, 3.05) is 20.7 Å². The molecule has 4 aromatic rings. The van der Waals surface area contributed by atoms with Gasteiger partial charge in [-0.1, -0.05) is 67.1 Å². The number of halogens is 2. The van der Waals surface area contributed by atoms with Crippen LogP contribution in [0.4, 0.5) is 4.79 Å². The number of imidazole rings is 1. The molecular formula is C31H29ClIN5O4. The molecule has 3 aromatic carbocycles. The minimum atomic E-state index is -0.888. The summed E-state index contributed by atoms with van der Waals surface area (Å²) in [6, 6.07) is 20.1. The van der Waals surface area contributed by atoms with E-state index in [0.29, 0.717) is 27.9 Å². The number of benzene rings is 3. The molecular weight excluding hydrogens is 669 g/mol. The number of likely N-dealkylation sites (N-methyl/N-ethyl adjacent to an activating group) is 1. The lowest BCUT2D eigenvalue weighted by Gasteiger charge is -2.29. The van der Waals surface area contributed by atoms with Gasteiger partial charge in [0.1, 0.15) is 23.7 Å². The molecule has 1 aliphatic heterocycles. The first-order valence-electron chi connectivity index (χ1n) is 13.3. The van der Waals surface area contributed by atoms with Crippen molar-refractivity contribution in [1.82, 2.24) is 25.1 Å². The van der Waals surface area contributed by atoms with Crippen LogP contribution in [0, 0.1) is 3.57 Å². The molecule has 2 N–H and O–H groups in total. The van der Waals surface area contributed by atoms with Gasteiger partial charge in [0.25, 0.3) is 11.8 Å². The number of aromatic nitrogens is 2. The maximum atomic E-state index is 13.9. The summed E-state index contributed by atoms with van der Waals surface area (Å²) in [6.45, 7) is 1.87. The molecule has 0 spiro atoms. The Kier molecular flexibility index (Phi) is 8.83. The number of rotatable bonds is 9. The predicted octanol–water partition coefficient (Wildman–Crippen LogP) is 5.94. The fraction of sp³-hybridized carbons (Fsp3) is 0.226. The number of amides is 4. The van der Waals surface area contributed by atoms with E-state index in [1.165, 1.54) is 9.80 Å². The van der Waals surface area contributed by atoms with Gasteiger partial charge in [0.15, 0.2) is 6.61 Å². The molecule has 2 heterocycles. The van der Waals surface area contributed by atoms with Gasteiger partial charge >= 0.3 is 6.03 Å². The molecule has 9 nitrogen and oxygen atoms in total. The van der Waals surface area contributed by atoms with Crippen LogP contribution < -0.4 is 10.1 Å². The number of hydrogen-bond acceptors (Lipinski definition) is 5. The van der Waals surface area contributed by atoms with Gasteiger partial charge in [-0.25, -0.2) is 9.78 Å². The van der Waals surface area contributed by atoms with Crippen LogP contribution >= 0.6 is 34.2 Å². The highest BCUT2D eigenvalue weighted by Crippen LogP contribution is 2.40. The molecule has 1 aromatic heterocycles. The van der Waals surface area contributed by atoms with Crippen molar-refractivity contribution in [2.45, 2.75) is 24.9 Å². The van der Waals surface area contributed by atoms with Gasteiger partial charge in [0.05, 0.1) is 16.9 Å². The topological polar surface area (TPSA) is 108 Å². The Hall–Kier alpha value is -3.90. The zero-order chi connectivity index (χ0) is 30.0. The van der Waals surface area contributed by atoms with E-state index in [9.17, 15) is 14.4 Å². The maximum absolute atomic E-state index is 13.9. The maximum Gasteiger partial charge on any atom is 0.325 e. The predicted molar refractivity (Wildman–Crippen MR) is 168 cm³/mol. The van der Waals surface area contributed by atoms with Crippen LogP contribution in [0.5, 0.6) is 5.75 Å². The number of H-pyrrole nitrogens is 1. The average Bonchev–Trinajstić information content (AvgIpc) is 3.57. The highest BCUT2D eigenvalue weighted by atomic mass is 127. The second-order valence-corrected chi connectivity index (χ2v) is 11.8. The molecule has 1 aliphatic rings. The van der Waals surface area contributed by atoms with Gasteiger partial charge in [0.2, 0.25) is 0 Å². The normalized spacial score (nSPS) is 16.2. The average molecular weight is 698 g/mol. The quantitative estimate of drug-likeness (QED) is 0.166. The van der Waals surface area contributed by atoms with Gasteiger partial charge in [-0.05, 0) is 58.0 Å². The van der Waals surface area contributed by atoms with E-state index in [-0.39, 0.29) is 18.4 Å². The fourth-order valence-electron chi connectivity index (χ4n) is 4.87. The summed E-state index contributed by atoms with van der Waals surface area (Å²) < 4.78 is 6.55. The van der Waals surface area contributed by atoms with Crippen LogP contribution in [0.2, 0.25) is 5.02 Å². The van der Waals surface area contributed by atoms with Gasteiger partial charge in [-0.15, -0.1) is 0 Å². The van der Waals surface area contributed by atoms with Crippen LogP contribution in [-0.4, -0.2) is 58.3 Å². The standard InChI is InChI=1S/C31H29ClIN5O4/c1-18(19-7-5-4-6-8-19)28(29-34-16-25(35-29)23-14-11-21(33)15-24(23)32)38-30(40)27(36-31(38)41)20-9-12-22(13-10-20)42-17-26(39)37(2)3/h4-16,18,27-28H,17H2,1-3H3,(H,34,35)(H,36,41)/t18-,27+,28?/m0/s1. The molecule has 1 fully saturated rings. The third kappa shape index (κ3) is 6.14. The number of hydrogen-bond donors (Lipinski definition) is 2. The monoisotopic (exact) mass is 697 g/mol. The Bertz CT molecular complexity index is 1610. The first kappa shape index (κ1) is 29.6. The minimum absolute atomic E-state index is 0.100. The molecule has 0 radical (unpaired) electrons. The van der Waals surface area contributed by atoms with Crippen LogP contribution in [0.3, 0.4) is 0 Å². The zero-order valence-corrected chi connectivity index (χ0v) is 26.1. The smallest absolute Gasteiger partial charge is 0.325 e. The van der Waals surface area contributed by atoms with E-state index in [1.807, 2.05) is 55.5 Å². The lowest BCUT2D eigenvalue weighted by Crippen LogP contribution is -2.38. The van der Waals surface area contributed by atoms with Gasteiger partial charge < -0.3 is 19.9 Å². The summed E-state index contributed by atoms with van der Waals surface area (Å²) in [5.74, 6) is 0.104. The second-order valence-electron chi connectivity index (χ2n) is 10.2. The van der Waals surface area contributed by atoms with E-state index in [1.54, 1.807) is 44.6 Å². The van der Waals surface area contributed by atoms with Crippen LogP contribution in [0.15, 0.2) is 79.0 Å². The molecule has 42 heavy (non-hydrogen) atoms. The first-order valence-corrected chi connectivity index (χ1v) is 14.7. The summed E-state index contributed by atoms with van der Waals surface area (Å²) in [5.41, 5.74) is 3.00. The third-order valence-corrected chi connectivity index (χ3v) is 8.20. The molecule has 5 rings (SSSR count). The molecule has 216 valence electrons. The fourth-order valence-corrected chi connectivity index (χ4v) is 5.82. The number of nitrogens with one attached hydrogen (secondary N) is 2. The molecule has 0 aliphatic carbocycles. The van der Waals surface area contributed by atoms with E-state index in [4.69, 9.17) is 16.3 Å². The van der Waals surface area contributed by atoms with Gasteiger partial charge in [-0.2, -0.15) is 0 Å². The summed E-state index contributed by atoms with van der Waals surface area (Å²) in [5, 5.41) is 3.41. The lowest BCUT2D eigenvalue weighted by atomic mass is 9.91. The SMILES string of the molecule is C[C@@H](c1ccccc1)C(c1ncc(-c2ccc(I)cc2Cl)[nH]1)N1C(=O)N[C@H](c2ccc(OCC(=O)N(C)C)cc2)C1=O. The van der Waals surface area contributed by atoms with E-state index in [2.05, 4.69) is 37.9 Å². The van der Waals surface area contributed by atoms with E-state index >= 15 is 0 Å². The van der Waals surface area contributed by atoms with E-state index in [0.717, 1.165) is 14.7 Å². The summed E-state index contributed by atoms with van der Waals surface area (Å²) in [6.07, 6.45) is 1.67. The van der Waals surface area contributed by atoms with Gasteiger partial charge in [0, 0.05) is 29.1 Å². The molecule has 11 heteroatoms. The van der Waals surface area contributed by atoms with Crippen molar-refractivity contribution in [3.63, 3.8) is 0 Å². The van der Waals surface area contributed by atoms with Crippen LogP contribution in [-0.2, 0) is 9.59 Å². The summed E-state index contributed by atoms with van der Waals surface area (Å²) in [4.78, 5) is 49.9. The van der Waals surface area contributed by atoms with Crippen molar-refractivity contribution >= 4 is 52.0 Å². The molecule has 4 amide bonds. The summed E-state index contributed by atoms with van der Waals surface area (Å²) >= 11 is 8.72. The molecule has 0 bridgehead atoms. The van der Waals surface area contributed by atoms with Crippen molar-refractivity contribution in [1.29, 1.82) is 0 Å². The Morgan fingerprint density at radius 2 is 1.81 bits per heavy atom. The second kappa shape index (κ2) is 12.5. The Morgan fingerprint density at radius 3 is 2.48 bits per heavy atom. The number of imide groups is 1. The minimum Gasteiger partial charge on any atom is -0.484 e. The number of urea groups is 1. The number of carbonyl (C=O) groups is 3. The number of carbonyl (C=O) groups excluding carboxylic acids is 3. The Labute approximate surface area is 262 Å². The van der Waals surface area contributed by atoms with Crippen LogP contribution in [0.1, 0.15) is 41.9 Å². The molecule has 1 unspecified atom stereocenters. The molecule has 0 saturated carbocycles. The van der Waals surface area contributed by atoms with Crippen molar-refractivity contribution in [2.24, 2.45) is 0 Å². The van der Waals surface area contributed by atoms with Crippen LogP contribution in [0.25, 0.3) is 11.3 Å². The first-order chi connectivity index (χ1) is 20.1. The van der Waals surface area contributed by atoms with Crippen molar-refractivity contribution in [3.8, 4) is 17.0 Å². The molecule has 1 saturated heterocycles. The number of aromatic amines is 1. The van der Waals surface area contributed by atoms with Crippen molar-refractivity contribution < 1.29 is 19.1 Å². The summed E-state index contributed by atoms with van der Waals surface area (Å²) in [7, 11) is 3.31.